The molecule has 0 fully saturated rings. The number of para-hydroxylation sites is 2. The average Bonchev–Trinajstić information content (AvgIpc) is 2.73. The molecule has 0 radical (unpaired) electrons. The highest BCUT2D eigenvalue weighted by Crippen LogP contribution is 2.27. The quantitative estimate of drug-likeness (QED) is 0.619. The molecule has 0 aliphatic rings. The molecule has 2 aromatic carbocycles. The molecule has 3 rings (SSSR count). The molecule has 0 bridgehead atoms. The van der Waals surface area contributed by atoms with Crippen LogP contribution in [0.2, 0.25) is 0 Å². The highest BCUT2D eigenvalue weighted by atomic mass is 16.5. The standard InChI is InChI=1S/C21H20N2O5/c1-27-19-9-5-3-7-16(19)20-22-11-10-15(23-20)13-28-18-8-4-2-6-14(18)12-17(24)21(25)26/h2-11,17,24H,12-13H2,1H3,(H,25,26)/t17-/m0/s1. The third kappa shape index (κ3) is 4.63. The highest BCUT2D eigenvalue weighted by molar-refractivity contribution is 5.72. The second-order valence-corrected chi connectivity index (χ2v) is 6.03. The molecule has 1 atom stereocenters. The lowest BCUT2D eigenvalue weighted by Crippen LogP contribution is -2.22. The van der Waals surface area contributed by atoms with Crippen molar-refractivity contribution in [3.05, 3.63) is 72.1 Å². The van der Waals surface area contributed by atoms with E-state index in [1.165, 1.54) is 0 Å². The molecule has 0 spiro atoms. The summed E-state index contributed by atoms with van der Waals surface area (Å²) < 4.78 is 11.2. The van der Waals surface area contributed by atoms with Crippen molar-refractivity contribution >= 4 is 5.97 Å². The largest absolute Gasteiger partial charge is 0.496 e. The average molecular weight is 380 g/mol. The molecule has 1 aromatic heterocycles. The van der Waals surface area contributed by atoms with Crippen LogP contribution in [0.1, 0.15) is 11.3 Å². The fourth-order valence-corrected chi connectivity index (χ4v) is 2.70. The molecule has 0 aliphatic heterocycles. The van der Waals surface area contributed by atoms with E-state index in [-0.39, 0.29) is 13.0 Å². The second-order valence-electron chi connectivity index (χ2n) is 6.03. The van der Waals surface area contributed by atoms with E-state index in [0.717, 1.165) is 5.56 Å². The molecule has 0 unspecified atom stereocenters. The molecule has 3 aromatic rings. The molecule has 0 amide bonds. The smallest absolute Gasteiger partial charge is 0.332 e. The van der Waals surface area contributed by atoms with Gasteiger partial charge in [0, 0.05) is 12.6 Å². The second kappa shape index (κ2) is 8.96. The number of aromatic nitrogens is 2. The zero-order chi connectivity index (χ0) is 19.9. The Hall–Kier alpha value is -3.45. The Kier molecular flexibility index (Phi) is 6.18. The van der Waals surface area contributed by atoms with Crippen LogP contribution >= 0.6 is 0 Å². The third-order valence-electron chi connectivity index (χ3n) is 4.11. The van der Waals surface area contributed by atoms with Crippen molar-refractivity contribution in [2.45, 2.75) is 19.1 Å². The van der Waals surface area contributed by atoms with Gasteiger partial charge in [-0.15, -0.1) is 0 Å². The summed E-state index contributed by atoms with van der Waals surface area (Å²) in [5.41, 5.74) is 2.04. The van der Waals surface area contributed by atoms with Crippen LogP contribution in [0.15, 0.2) is 60.8 Å². The minimum atomic E-state index is -1.49. The Bertz CT molecular complexity index is 961. The summed E-state index contributed by atoms with van der Waals surface area (Å²) in [6.45, 7) is 0.171. The number of aliphatic hydroxyl groups is 1. The minimum absolute atomic E-state index is 0.0399. The molecule has 0 aliphatic carbocycles. The van der Waals surface area contributed by atoms with Crippen LogP contribution < -0.4 is 9.47 Å². The predicted octanol–water partition coefficient (Wildman–Crippen LogP) is 2.72. The van der Waals surface area contributed by atoms with Crippen molar-refractivity contribution in [2.75, 3.05) is 7.11 Å². The normalized spacial score (nSPS) is 11.6. The van der Waals surface area contributed by atoms with E-state index in [4.69, 9.17) is 14.6 Å². The summed E-state index contributed by atoms with van der Waals surface area (Å²) in [7, 11) is 1.59. The Morgan fingerprint density at radius 3 is 2.54 bits per heavy atom. The van der Waals surface area contributed by atoms with Gasteiger partial charge in [0.05, 0.1) is 18.4 Å². The van der Waals surface area contributed by atoms with Crippen LogP contribution in [0.3, 0.4) is 0 Å². The molecular formula is C21H20N2O5. The Morgan fingerprint density at radius 2 is 1.79 bits per heavy atom. The number of methoxy groups -OCH3 is 1. The van der Waals surface area contributed by atoms with Gasteiger partial charge >= 0.3 is 5.97 Å². The van der Waals surface area contributed by atoms with Crippen LogP contribution in [-0.4, -0.2) is 39.4 Å². The number of nitrogens with zero attached hydrogens (tertiary/aromatic N) is 2. The van der Waals surface area contributed by atoms with Gasteiger partial charge in [-0.3, -0.25) is 0 Å². The van der Waals surface area contributed by atoms with Crippen molar-refractivity contribution in [1.29, 1.82) is 0 Å². The van der Waals surface area contributed by atoms with Crippen LogP contribution in [-0.2, 0) is 17.8 Å². The number of aliphatic carboxylic acids is 1. The topological polar surface area (TPSA) is 102 Å². The van der Waals surface area contributed by atoms with Gasteiger partial charge < -0.3 is 19.7 Å². The monoisotopic (exact) mass is 380 g/mol. The van der Waals surface area contributed by atoms with Crippen LogP contribution in [0.25, 0.3) is 11.4 Å². The number of ether oxygens (including phenoxy) is 2. The molecule has 1 heterocycles. The number of hydrogen-bond donors (Lipinski definition) is 2. The molecule has 2 N–H and O–H groups in total. The predicted molar refractivity (Wildman–Crippen MR) is 102 cm³/mol. The molecular weight excluding hydrogens is 360 g/mol. The summed E-state index contributed by atoms with van der Waals surface area (Å²) in [6, 6.07) is 16.2. The Balaban J connectivity index is 1.77. The molecule has 28 heavy (non-hydrogen) atoms. The number of carboxylic acids is 1. The van der Waals surface area contributed by atoms with Crippen molar-refractivity contribution in [1.82, 2.24) is 9.97 Å². The van der Waals surface area contributed by atoms with Crippen molar-refractivity contribution < 1.29 is 24.5 Å². The van der Waals surface area contributed by atoms with Gasteiger partial charge in [-0.2, -0.15) is 0 Å². The zero-order valence-corrected chi connectivity index (χ0v) is 15.3. The first-order chi connectivity index (χ1) is 13.6. The fourth-order valence-electron chi connectivity index (χ4n) is 2.70. The molecule has 0 saturated heterocycles. The zero-order valence-electron chi connectivity index (χ0n) is 15.3. The molecule has 7 heteroatoms. The lowest BCUT2D eigenvalue weighted by atomic mass is 10.1. The first-order valence-corrected chi connectivity index (χ1v) is 8.65. The third-order valence-corrected chi connectivity index (χ3v) is 4.11. The lowest BCUT2D eigenvalue weighted by molar-refractivity contribution is -0.146. The lowest BCUT2D eigenvalue weighted by Gasteiger charge is -2.13. The van der Waals surface area contributed by atoms with E-state index >= 15 is 0 Å². The number of benzene rings is 2. The van der Waals surface area contributed by atoms with E-state index < -0.39 is 12.1 Å². The maximum Gasteiger partial charge on any atom is 0.332 e. The van der Waals surface area contributed by atoms with Gasteiger partial charge in [0.15, 0.2) is 11.9 Å². The number of aliphatic hydroxyl groups excluding tert-OH is 1. The summed E-state index contributed by atoms with van der Waals surface area (Å²) in [5.74, 6) is 0.425. The highest BCUT2D eigenvalue weighted by Gasteiger charge is 2.16. The Morgan fingerprint density at radius 1 is 1.07 bits per heavy atom. The SMILES string of the molecule is COc1ccccc1-c1nccc(COc2ccccc2C[C@H](O)C(=O)O)n1. The maximum absolute atomic E-state index is 10.9. The number of carbonyl (C=O) groups is 1. The number of carboxylic acid groups (broad SMARTS) is 1. The minimum Gasteiger partial charge on any atom is -0.496 e. The summed E-state index contributed by atoms with van der Waals surface area (Å²) in [4.78, 5) is 19.7. The van der Waals surface area contributed by atoms with Gasteiger partial charge in [-0.25, -0.2) is 14.8 Å². The number of rotatable bonds is 8. The van der Waals surface area contributed by atoms with Gasteiger partial charge in [0.1, 0.15) is 18.1 Å². The molecule has 144 valence electrons. The van der Waals surface area contributed by atoms with Crippen LogP contribution in [0, 0.1) is 0 Å². The van der Waals surface area contributed by atoms with E-state index in [2.05, 4.69) is 9.97 Å². The fraction of sp³-hybridized carbons (Fsp3) is 0.190. The summed E-state index contributed by atoms with van der Waals surface area (Å²) in [5, 5.41) is 18.5. The number of hydrogen-bond acceptors (Lipinski definition) is 6. The van der Waals surface area contributed by atoms with E-state index in [1.807, 2.05) is 24.3 Å². The Labute approximate surface area is 162 Å². The first kappa shape index (κ1) is 19.3. The van der Waals surface area contributed by atoms with Gasteiger partial charge in [0.2, 0.25) is 0 Å². The summed E-state index contributed by atoms with van der Waals surface area (Å²) >= 11 is 0. The van der Waals surface area contributed by atoms with Gasteiger partial charge in [-0.1, -0.05) is 30.3 Å². The maximum atomic E-state index is 10.9. The first-order valence-electron chi connectivity index (χ1n) is 8.65. The molecule has 7 nitrogen and oxygen atoms in total. The van der Waals surface area contributed by atoms with Gasteiger partial charge in [0.25, 0.3) is 0 Å². The van der Waals surface area contributed by atoms with E-state index in [0.29, 0.717) is 28.6 Å². The summed E-state index contributed by atoms with van der Waals surface area (Å²) in [6.07, 6.45) is 0.121. The van der Waals surface area contributed by atoms with Crippen LogP contribution in [0.4, 0.5) is 0 Å². The molecule has 0 saturated carbocycles. The van der Waals surface area contributed by atoms with E-state index in [9.17, 15) is 9.90 Å². The van der Waals surface area contributed by atoms with Crippen LogP contribution in [0.5, 0.6) is 11.5 Å². The van der Waals surface area contributed by atoms with Gasteiger partial charge in [-0.05, 0) is 29.8 Å². The van der Waals surface area contributed by atoms with Crippen molar-refractivity contribution in [2.24, 2.45) is 0 Å². The van der Waals surface area contributed by atoms with E-state index in [1.54, 1.807) is 43.6 Å². The van der Waals surface area contributed by atoms with Crippen molar-refractivity contribution in [3.63, 3.8) is 0 Å². The van der Waals surface area contributed by atoms with Crippen molar-refractivity contribution in [3.8, 4) is 22.9 Å².